The Bertz CT molecular complexity index is 610. The van der Waals surface area contributed by atoms with Gasteiger partial charge in [0, 0.05) is 6.54 Å². The maximum absolute atomic E-state index is 12.7. The van der Waals surface area contributed by atoms with E-state index < -0.39 is 18.6 Å². The van der Waals surface area contributed by atoms with Crippen LogP contribution in [0.2, 0.25) is 0 Å². The van der Waals surface area contributed by atoms with Gasteiger partial charge in [-0.3, -0.25) is 4.79 Å². The van der Waals surface area contributed by atoms with E-state index in [-0.39, 0.29) is 17.0 Å². The lowest BCUT2D eigenvalue weighted by Crippen LogP contribution is -2.38. The van der Waals surface area contributed by atoms with Gasteiger partial charge in [0.05, 0.1) is 0 Å². The predicted octanol–water partition coefficient (Wildman–Crippen LogP) is 4.25. The zero-order valence-corrected chi connectivity index (χ0v) is 12.3. The molecule has 0 atom stereocenters. The summed E-state index contributed by atoms with van der Waals surface area (Å²) in [7, 11) is 0. The van der Waals surface area contributed by atoms with Gasteiger partial charge in [0.1, 0.15) is 6.54 Å². The first-order chi connectivity index (χ1) is 9.85. The number of furan rings is 1. The van der Waals surface area contributed by atoms with Gasteiger partial charge in [0.15, 0.2) is 10.4 Å². The van der Waals surface area contributed by atoms with Crippen LogP contribution in [0.1, 0.15) is 16.1 Å². The SMILES string of the molecule is O=C(c1ccc(Br)o1)N(Cc1ccccc1)CC(F)(F)F. The minimum atomic E-state index is -4.48. The first-order valence-corrected chi connectivity index (χ1v) is 6.80. The number of carbonyl (C=O) groups excluding carboxylic acids is 1. The quantitative estimate of drug-likeness (QED) is 0.815. The number of halogens is 4. The molecule has 0 saturated heterocycles. The third kappa shape index (κ3) is 4.63. The smallest absolute Gasteiger partial charge is 0.406 e. The van der Waals surface area contributed by atoms with E-state index in [1.54, 1.807) is 30.3 Å². The predicted molar refractivity (Wildman–Crippen MR) is 73.6 cm³/mol. The molecule has 3 nitrogen and oxygen atoms in total. The second-order valence-electron chi connectivity index (χ2n) is 4.37. The second kappa shape index (κ2) is 6.34. The van der Waals surface area contributed by atoms with Crippen LogP contribution >= 0.6 is 15.9 Å². The van der Waals surface area contributed by atoms with Crippen LogP contribution in [0.3, 0.4) is 0 Å². The lowest BCUT2D eigenvalue weighted by molar-refractivity contribution is -0.141. The monoisotopic (exact) mass is 361 g/mol. The summed E-state index contributed by atoms with van der Waals surface area (Å²) in [5, 5.41) is 0. The van der Waals surface area contributed by atoms with Crippen molar-refractivity contribution in [2.75, 3.05) is 6.54 Å². The summed E-state index contributed by atoms with van der Waals surface area (Å²) in [6.45, 7) is -1.48. The summed E-state index contributed by atoms with van der Waals surface area (Å²) in [6, 6.07) is 11.3. The van der Waals surface area contributed by atoms with Crippen molar-refractivity contribution in [3.8, 4) is 0 Å². The Balaban J connectivity index is 2.21. The second-order valence-corrected chi connectivity index (χ2v) is 5.15. The largest absolute Gasteiger partial charge is 0.444 e. The van der Waals surface area contributed by atoms with Crippen molar-refractivity contribution in [1.82, 2.24) is 4.90 Å². The molecule has 2 aromatic rings. The third-order valence-electron chi connectivity index (χ3n) is 2.66. The Labute approximate surface area is 127 Å². The Kier molecular flexibility index (Phi) is 4.72. The van der Waals surface area contributed by atoms with E-state index in [0.717, 1.165) is 0 Å². The molecule has 0 N–H and O–H groups in total. The van der Waals surface area contributed by atoms with Crippen molar-refractivity contribution in [3.63, 3.8) is 0 Å². The average molecular weight is 362 g/mol. The molecule has 21 heavy (non-hydrogen) atoms. The molecule has 0 aliphatic carbocycles. The standard InChI is InChI=1S/C14H11BrF3NO2/c15-12-7-6-11(21-12)13(20)19(9-14(16,17)18)8-10-4-2-1-3-5-10/h1-7H,8-9H2. The number of nitrogens with zero attached hydrogens (tertiary/aromatic N) is 1. The Hall–Kier alpha value is -1.76. The van der Waals surface area contributed by atoms with E-state index in [2.05, 4.69) is 15.9 Å². The highest BCUT2D eigenvalue weighted by Gasteiger charge is 2.34. The number of amides is 1. The van der Waals surface area contributed by atoms with E-state index in [9.17, 15) is 18.0 Å². The van der Waals surface area contributed by atoms with Gasteiger partial charge >= 0.3 is 6.18 Å². The van der Waals surface area contributed by atoms with Crippen molar-refractivity contribution >= 4 is 21.8 Å². The molecule has 1 aromatic carbocycles. The van der Waals surface area contributed by atoms with Crippen LogP contribution in [-0.4, -0.2) is 23.5 Å². The van der Waals surface area contributed by atoms with Crippen molar-refractivity contribution in [3.05, 3.63) is 58.5 Å². The van der Waals surface area contributed by atoms with Crippen molar-refractivity contribution in [2.45, 2.75) is 12.7 Å². The van der Waals surface area contributed by atoms with Gasteiger partial charge in [-0.25, -0.2) is 0 Å². The van der Waals surface area contributed by atoms with Gasteiger partial charge in [-0.05, 0) is 33.6 Å². The highest BCUT2D eigenvalue weighted by molar-refractivity contribution is 9.10. The van der Waals surface area contributed by atoms with E-state index in [1.165, 1.54) is 12.1 Å². The number of benzene rings is 1. The maximum atomic E-state index is 12.7. The molecule has 2 rings (SSSR count). The van der Waals surface area contributed by atoms with Crippen molar-refractivity contribution in [1.29, 1.82) is 0 Å². The molecule has 1 heterocycles. The zero-order chi connectivity index (χ0) is 15.5. The summed E-state index contributed by atoms with van der Waals surface area (Å²) in [5.41, 5.74) is 0.612. The highest BCUT2D eigenvalue weighted by Crippen LogP contribution is 2.22. The molecular formula is C14H11BrF3NO2. The van der Waals surface area contributed by atoms with Gasteiger partial charge in [-0.15, -0.1) is 0 Å². The molecule has 0 saturated carbocycles. The summed E-state index contributed by atoms with van der Waals surface area (Å²) in [5.74, 6) is -0.941. The van der Waals surface area contributed by atoms with Crippen LogP contribution in [-0.2, 0) is 6.54 Å². The topological polar surface area (TPSA) is 33.5 Å². The first kappa shape index (κ1) is 15.6. The molecule has 0 fully saturated rings. The molecule has 7 heteroatoms. The van der Waals surface area contributed by atoms with Gasteiger partial charge < -0.3 is 9.32 Å². The maximum Gasteiger partial charge on any atom is 0.406 e. The molecule has 0 bridgehead atoms. The minimum Gasteiger partial charge on any atom is -0.444 e. The first-order valence-electron chi connectivity index (χ1n) is 6.00. The molecule has 112 valence electrons. The van der Waals surface area contributed by atoms with Gasteiger partial charge in [-0.2, -0.15) is 13.2 Å². The van der Waals surface area contributed by atoms with Crippen LogP contribution in [0.15, 0.2) is 51.6 Å². The average Bonchev–Trinajstić information content (AvgIpc) is 2.83. The molecule has 0 spiro atoms. The molecule has 1 amide bonds. The normalized spacial score (nSPS) is 11.4. The Morgan fingerprint density at radius 1 is 1.14 bits per heavy atom. The number of rotatable bonds is 4. The van der Waals surface area contributed by atoms with Crippen molar-refractivity contribution in [2.24, 2.45) is 0 Å². The van der Waals surface area contributed by atoms with E-state index in [0.29, 0.717) is 10.5 Å². The zero-order valence-electron chi connectivity index (χ0n) is 10.7. The number of hydrogen-bond acceptors (Lipinski definition) is 2. The lowest BCUT2D eigenvalue weighted by atomic mass is 10.2. The Morgan fingerprint density at radius 3 is 2.33 bits per heavy atom. The lowest BCUT2D eigenvalue weighted by Gasteiger charge is -2.23. The van der Waals surface area contributed by atoms with Crippen LogP contribution in [0.5, 0.6) is 0 Å². The van der Waals surface area contributed by atoms with Crippen molar-refractivity contribution < 1.29 is 22.4 Å². The van der Waals surface area contributed by atoms with Crippen LogP contribution < -0.4 is 0 Å². The highest BCUT2D eigenvalue weighted by atomic mass is 79.9. The molecule has 1 aromatic heterocycles. The summed E-state index contributed by atoms with van der Waals surface area (Å²) < 4.78 is 43.3. The van der Waals surface area contributed by atoms with Gasteiger partial charge in [-0.1, -0.05) is 30.3 Å². The summed E-state index contributed by atoms with van der Waals surface area (Å²) >= 11 is 3.02. The van der Waals surface area contributed by atoms with Gasteiger partial charge in [0.25, 0.3) is 5.91 Å². The third-order valence-corrected chi connectivity index (χ3v) is 3.08. The molecule has 0 radical (unpaired) electrons. The fourth-order valence-corrected chi connectivity index (χ4v) is 2.11. The fourth-order valence-electron chi connectivity index (χ4n) is 1.80. The fraction of sp³-hybridized carbons (Fsp3) is 0.214. The number of carbonyl (C=O) groups is 1. The molecule has 0 aliphatic heterocycles. The van der Waals surface area contributed by atoms with E-state index >= 15 is 0 Å². The molecule has 0 aliphatic rings. The van der Waals surface area contributed by atoms with E-state index in [4.69, 9.17) is 4.42 Å². The number of alkyl halides is 3. The molecule has 0 unspecified atom stereocenters. The minimum absolute atomic E-state index is 0.137. The van der Waals surface area contributed by atoms with E-state index in [1.807, 2.05) is 0 Å². The van der Waals surface area contributed by atoms with Gasteiger partial charge in [0.2, 0.25) is 0 Å². The van der Waals surface area contributed by atoms with Crippen LogP contribution in [0.4, 0.5) is 13.2 Å². The molecular weight excluding hydrogens is 351 g/mol. The van der Waals surface area contributed by atoms with Crippen LogP contribution in [0.25, 0.3) is 0 Å². The summed E-state index contributed by atoms with van der Waals surface area (Å²) in [6.07, 6.45) is -4.48. The number of hydrogen-bond donors (Lipinski definition) is 0. The summed E-state index contributed by atoms with van der Waals surface area (Å²) in [4.78, 5) is 12.9. The Morgan fingerprint density at radius 2 is 1.81 bits per heavy atom. The van der Waals surface area contributed by atoms with Crippen LogP contribution in [0, 0.1) is 0 Å².